The lowest BCUT2D eigenvalue weighted by molar-refractivity contribution is -0.152. The molecule has 0 aliphatic carbocycles. The Morgan fingerprint density at radius 2 is 2.00 bits per heavy atom. The monoisotopic (exact) mass is 290 g/mol. The maximum atomic E-state index is 12.2. The number of carbonyl (C=O) groups excluding carboxylic acids is 1. The van der Waals surface area contributed by atoms with Gasteiger partial charge in [-0.3, -0.25) is 10.0 Å². The van der Waals surface area contributed by atoms with Crippen molar-refractivity contribution in [3.63, 3.8) is 0 Å². The van der Waals surface area contributed by atoms with E-state index >= 15 is 0 Å². The number of rotatable bonds is 3. The minimum Gasteiger partial charge on any atom is -0.478 e. The third kappa shape index (κ3) is 2.31. The number of hydrogen-bond donors (Lipinski definition) is 2. The van der Waals surface area contributed by atoms with Gasteiger partial charge in [-0.1, -0.05) is 25.5 Å². The van der Waals surface area contributed by atoms with Crippen molar-refractivity contribution in [2.45, 2.75) is 33.2 Å². The smallest absolute Gasteiger partial charge is 0.336 e. The predicted molar refractivity (Wildman–Crippen MR) is 76.6 cm³/mol. The van der Waals surface area contributed by atoms with Crippen LogP contribution in [0.15, 0.2) is 23.2 Å². The molecule has 0 aromatic heterocycles. The molecule has 21 heavy (non-hydrogen) atoms. The van der Waals surface area contributed by atoms with Crippen molar-refractivity contribution in [3.05, 3.63) is 34.9 Å². The zero-order valence-electron chi connectivity index (χ0n) is 12.4. The normalized spacial score (nSPS) is 21.9. The van der Waals surface area contributed by atoms with Crippen molar-refractivity contribution < 1.29 is 19.9 Å². The first-order chi connectivity index (χ1) is 9.68. The number of carbonyl (C=O) groups is 2. The molecule has 0 saturated heterocycles. The van der Waals surface area contributed by atoms with E-state index in [0.717, 1.165) is 5.56 Å². The van der Waals surface area contributed by atoms with E-state index in [0.29, 0.717) is 5.06 Å². The molecular formula is C15H18N2O4. The van der Waals surface area contributed by atoms with Crippen molar-refractivity contribution in [2.24, 2.45) is 10.9 Å². The molecule has 2 N–H and O–H groups in total. The summed E-state index contributed by atoms with van der Waals surface area (Å²) in [4.78, 5) is 27.9. The minimum atomic E-state index is -1.13. The Morgan fingerprint density at radius 1 is 1.38 bits per heavy atom. The fraction of sp³-hybridized carbons (Fsp3) is 0.400. The Kier molecular flexibility index (Phi) is 3.59. The number of nitrogens with zero attached hydrogens (tertiary/aromatic N) is 2. The highest BCUT2D eigenvalue weighted by Gasteiger charge is 2.47. The van der Waals surface area contributed by atoms with E-state index in [1.165, 1.54) is 6.07 Å². The summed E-state index contributed by atoms with van der Waals surface area (Å²) in [6, 6.07) is 4.71. The molecule has 112 valence electrons. The molecule has 1 aliphatic rings. The number of amides is 1. The van der Waals surface area contributed by atoms with Gasteiger partial charge in [-0.2, -0.15) is 5.06 Å². The Hall–Kier alpha value is -2.21. The molecule has 0 bridgehead atoms. The number of aromatic carboxylic acids is 1. The van der Waals surface area contributed by atoms with Crippen LogP contribution in [0.5, 0.6) is 0 Å². The summed E-state index contributed by atoms with van der Waals surface area (Å²) in [7, 11) is 0. The van der Waals surface area contributed by atoms with Gasteiger partial charge >= 0.3 is 5.97 Å². The van der Waals surface area contributed by atoms with E-state index in [1.54, 1.807) is 26.0 Å². The van der Waals surface area contributed by atoms with Gasteiger partial charge in [0.05, 0.1) is 5.56 Å². The number of amidine groups is 1. The Bertz CT molecular complexity index is 651. The highest BCUT2D eigenvalue weighted by Crippen LogP contribution is 2.32. The van der Waals surface area contributed by atoms with Crippen LogP contribution < -0.4 is 0 Å². The topological polar surface area (TPSA) is 90.2 Å². The van der Waals surface area contributed by atoms with E-state index in [1.807, 2.05) is 13.8 Å². The lowest BCUT2D eigenvalue weighted by Crippen LogP contribution is -2.42. The zero-order valence-corrected chi connectivity index (χ0v) is 12.4. The van der Waals surface area contributed by atoms with Gasteiger partial charge in [0.2, 0.25) is 0 Å². The SMILES string of the molecule is Cc1ccc(C(=O)O)c(C2=NC(C)(C(C)C)C(=O)N2O)c1. The maximum absolute atomic E-state index is 12.2. The van der Waals surface area contributed by atoms with E-state index < -0.39 is 17.4 Å². The second-order valence-corrected chi connectivity index (χ2v) is 5.71. The molecule has 1 unspecified atom stereocenters. The van der Waals surface area contributed by atoms with Crippen LogP contribution in [0.4, 0.5) is 0 Å². The largest absolute Gasteiger partial charge is 0.478 e. The summed E-state index contributed by atoms with van der Waals surface area (Å²) in [6.45, 7) is 7.08. The third-order valence-corrected chi connectivity index (χ3v) is 3.93. The van der Waals surface area contributed by atoms with Crippen molar-refractivity contribution in [1.82, 2.24) is 5.06 Å². The number of hydroxylamine groups is 2. The zero-order chi connectivity index (χ0) is 15.9. The van der Waals surface area contributed by atoms with Crippen LogP contribution in [0.2, 0.25) is 0 Å². The minimum absolute atomic E-state index is 0.000735. The molecule has 1 aromatic rings. The average Bonchev–Trinajstić information content (AvgIpc) is 2.64. The fourth-order valence-corrected chi connectivity index (χ4v) is 2.21. The van der Waals surface area contributed by atoms with Crippen LogP contribution >= 0.6 is 0 Å². The van der Waals surface area contributed by atoms with Gasteiger partial charge in [-0.25, -0.2) is 9.79 Å². The molecule has 6 heteroatoms. The molecule has 1 amide bonds. The second kappa shape index (κ2) is 4.96. The van der Waals surface area contributed by atoms with Crippen molar-refractivity contribution in [2.75, 3.05) is 0 Å². The van der Waals surface area contributed by atoms with Gasteiger partial charge in [-0.15, -0.1) is 0 Å². The molecule has 2 rings (SSSR count). The highest BCUT2D eigenvalue weighted by molar-refractivity contribution is 6.17. The first-order valence-electron chi connectivity index (χ1n) is 6.66. The van der Waals surface area contributed by atoms with E-state index in [-0.39, 0.29) is 22.9 Å². The number of carboxylic acid groups (broad SMARTS) is 1. The summed E-state index contributed by atoms with van der Waals surface area (Å²) < 4.78 is 0. The third-order valence-electron chi connectivity index (χ3n) is 3.93. The van der Waals surface area contributed by atoms with E-state index in [4.69, 9.17) is 0 Å². The molecule has 0 radical (unpaired) electrons. The number of hydrogen-bond acceptors (Lipinski definition) is 4. The first kappa shape index (κ1) is 15.2. The quantitative estimate of drug-likeness (QED) is 0.834. The van der Waals surface area contributed by atoms with E-state index in [9.17, 15) is 19.9 Å². The lowest BCUT2D eigenvalue weighted by atomic mass is 9.89. The number of carboxylic acids is 1. The van der Waals surface area contributed by atoms with Gasteiger partial charge in [0.1, 0.15) is 5.54 Å². The summed E-state index contributed by atoms with van der Waals surface area (Å²) >= 11 is 0. The molecule has 1 heterocycles. The van der Waals surface area contributed by atoms with Gasteiger partial charge in [-0.05, 0) is 31.9 Å². The van der Waals surface area contributed by atoms with Gasteiger partial charge in [0, 0.05) is 5.56 Å². The van der Waals surface area contributed by atoms with Gasteiger partial charge < -0.3 is 5.11 Å². The molecular weight excluding hydrogens is 272 g/mol. The van der Waals surface area contributed by atoms with Crippen LogP contribution in [0, 0.1) is 12.8 Å². The maximum Gasteiger partial charge on any atom is 0.336 e. The van der Waals surface area contributed by atoms with Crippen molar-refractivity contribution in [3.8, 4) is 0 Å². The summed E-state index contributed by atoms with van der Waals surface area (Å²) in [6.07, 6.45) is 0. The Labute approximate surface area is 122 Å². The van der Waals surface area contributed by atoms with Gasteiger partial charge in [0.15, 0.2) is 5.84 Å². The van der Waals surface area contributed by atoms with Crippen LogP contribution in [0.1, 0.15) is 42.3 Å². The van der Waals surface area contributed by atoms with Crippen LogP contribution in [0.25, 0.3) is 0 Å². The number of aryl methyl sites for hydroxylation is 1. The first-order valence-corrected chi connectivity index (χ1v) is 6.66. The Morgan fingerprint density at radius 3 is 2.48 bits per heavy atom. The van der Waals surface area contributed by atoms with E-state index in [2.05, 4.69) is 4.99 Å². The molecule has 1 aliphatic heterocycles. The van der Waals surface area contributed by atoms with Gasteiger partial charge in [0.25, 0.3) is 5.91 Å². The number of aliphatic imine (C=N–C) groups is 1. The molecule has 6 nitrogen and oxygen atoms in total. The van der Waals surface area contributed by atoms with Crippen LogP contribution in [0.3, 0.4) is 0 Å². The molecule has 1 atom stereocenters. The molecule has 0 fully saturated rings. The Balaban J connectivity index is 2.64. The fourth-order valence-electron chi connectivity index (χ4n) is 2.21. The summed E-state index contributed by atoms with van der Waals surface area (Å²) in [5, 5.41) is 19.8. The summed E-state index contributed by atoms with van der Waals surface area (Å²) in [5.74, 6) is -1.83. The molecule has 0 spiro atoms. The second-order valence-electron chi connectivity index (χ2n) is 5.71. The van der Waals surface area contributed by atoms with Crippen LogP contribution in [-0.4, -0.2) is 38.6 Å². The van der Waals surface area contributed by atoms with Crippen LogP contribution in [-0.2, 0) is 4.79 Å². The molecule has 1 aromatic carbocycles. The average molecular weight is 290 g/mol. The highest BCUT2D eigenvalue weighted by atomic mass is 16.5. The lowest BCUT2D eigenvalue weighted by Gasteiger charge is -2.22. The van der Waals surface area contributed by atoms with Crippen molar-refractivity contribution >= 4 is 17.7 Å². The predicted octanol–water partition coefficient (Wildman–Crippen LogP) is 2.09. The molecule has 0 saturated carbocycles. The standard InChI is InChI=1S/C15H18N2O4/c1-8(2)15(4)14(20)17(21)12(16-15)11-7-9(3)5-6-10(11)13(18)19/h5-8,21H,1-4H3,(H,18,19). The van der Waals surface area contributed by atoms with Crippen molar-refractivity contribution in [1.29, 1.82) is 0 Å². The number of benzene rings is 1. The summed E-state index contributed by atoms with van der Waals surface area (Å²) in [5.41, 5.74) is -0.0394.